The quantitative estimate of drug-likeness (QED) is 0.710. The largest absolute Gasteiger partial charge is 0.573 e. The van der Waals surface area contributed by atoms with E-state index in [1.807, 2.05) is 11.1 Å². The molecule has 0 radical (unpaired) electrons. The zero-order valence-corrected chi connectivity index (χ0v) is 19.0. The summed E-state index contributed by atoms with van der Waals surface area (Å²) in [5.74, 6) is 0.476. The minimum atomic E-state index is -4.74. The molecule has 3 aliphatic rings. The average Bonchev–Trinajstić information content (AvgIpc) is 3.00. The summed E-state index contributed by atoms with van der Waals surface area (Å²) < 4.78 is 41.1. The summed E-state index contributed by atoms with van der Waals surface area (Å²) in [4.78, 5) is 16.3. The molecule has 1 aromatic carbocycles. The molecule has 3 heterocycles. The van der Waals surface area contributed by atoms with Crippen molar-refractivity contribution >= 4 is 5.95 Å². The van der Waals surface area contributed by atoms with Crippen LogP contribution < -0.4 is 9.64 Å². The van der Waals surface area contributed by atoms with Crippen LogP contribution >= 0.6 is 0 Å². The molecule has 2 aromatic rings. The van der Waals surface area contributed by atoms with Gasteiger partial charge in [0.2, 0.25) is 5.95 Å². The van der Waals surface area contributed by atoms with Gasteiger partial charge in [-0.25, -0.2) is 9.97 Å². The third-order valence-corrected chi connectivity index (χ3v) is 7.19. The summed E-state index contributed by atoms with van der Waals surface area (Å²) >= 11 is 0. The van der Waals surface area contributed by atoms with Crippen molar-refractivity contribution in [2.45, 2.75) is 50.7 Å². The highest BCUT2D eigenvalue weighted by molar-refractivity contribution is 5.35. The van der Waals surface area contributed by atoms with Gasteiger partial charge in [-0.1, -0.05) is 18.6 Å². The second kappa shape index (κ2) is 9.67. The van der Waals surface area contributed by atoms with Gasteiger partial charge in [0.05, 0.1) is 5.69 Å². The molecule has 1 aromatic heterocycles. The van der Waals surface area contributed by atoms with Crippen LogP contribution in [0.25, 0.3) is 0 Å². The molecule has 1 atom stereocenters. The third-order valence-electron chi connectivity index (χ3n) is 7.19. The highest BCUT2D eigenvalue weighted by atomic mass is 19.4. The van der Waals surface area contributed by atoms with Crippen LogP contribution in [0.15, 0.2) is 30.5 Å². The molecule has 5 rings (SSSR count). The van der Waals surface area contributed by atoms with Gasteiger partial charge in [0, 0.05) is 57.9 Å². The molecule has 1 saturated heterocycles. The lowest BCUT2D eigenvalue weighted by molar-refractivity contribution is -0.274. The zero-order chi connectivity index (χ0) is 23.7. The standard InChI is InChI=1S/C24H30F3N5O2/c25-24(26,27)34-20-6-4-17(5-7-20)22(33)31-10-8-18-16-28-23(29-21(18)9-11-31)32-14-12-30(13-15-32)19-2-1-3-19/h4-7,16,19,22,33H,1-3,8-15H2. The molecule has 0 bridgehead atoms. The maximum atomic E-state index is 12.4. The molecule has 2 aliphatic heterocycles. The summed E-state index contributed by atoms with van der Waals surface area (Å²) in [5.41, 5.74) is 2.62. The lowest BCUT2D eigenvalue weighted by atomic mass is 9.91. The second-order valence-electron chi connectivity index (χ2n) is 9.28. The summed E-state index contributed by atoms with van der Waals surface area (Å²) in [6, 6.07) is 6.14. The number of aromatic nitrogens is 2. The fourth-order valence-corrected chi connectivity index (χ4v) is 4.97. The van der Waals surface area contributed by atoms with Crippen LogP contribution in [-0.4, -0.2) is 76.5 Å². The van der Waals surface area contributed by atoms with Crippen molar-refractivity contribution in [2.75, 3.05) is 44.2 Å². The van der Waals surface area contributed by atoms with Crippen LogP contribution in [0.2, 0.25) is 0 Å². The van der Waals surface area contributed by atoms with E-state index in [2.05, 4.69) is 19.5 Å². The molecule has 1 aliphatic carbocycles. The number of aliphatic hydroxyl groups is 1. The topological polar surface area (TPSA) is 65.0 Å². The van der Waals surface area contributed by atoms with Crippen molar-refractivity contribution in [1.82, 2.24) is 19.8 Å². The van der Waals surface area contributed by atoms with Crippen molar-refractivity contribution in [3.05, 3.63) is 47.3 Å². The molecule has 184 valence electrons. The van der Waals surface area contributed by atoms with Crippen molar-refractivity contribution < 1.29 is 23.0 Å². The SMILES string of the molecule is OC(c1ccc(OC(F)(F)F)cc1)N1CCc2cnc(N3CCN(C4CCC4)CC3)nc2CC1. The smallest absolute Gasteiger partial charge is 0.406 e. The Labute approximate surface area is 197 Å². The molecular formula is C24H30F3N5O2. The normalized spacial score (nSPS) is 21.5. The van der Waals surface area contributed by atoms with Gasteiger partial charge in [0.25, 0.3) is 0 Å². The number of hydrogen-bond acceptors (Lipinski definition) is 7. The van der Waals surface area contributed by atoms with E-state index in [1.165, 1.54) is 43.5 Å². The number of halogens is 3. The molecule has 1 unspecified atom stereocenters. The van der Waals surface area contributed by atoms with E-state index < -0.39 is 12.6 Å². The van der Waals surface area contributed by atoms with Gasteiger partial charge in [0.15, 0.2) is 0 Å². The first-order valence-electron chi connectivity index (χ1n) is 12.0. The van der Waals surface area contributed by atoms with Crippen LogP contribution in [0.3, 0.4) is 0 Å². The van der Waals surface area contributed by atoms with E-state index >= 15 is 0 Å². The van der Waals surface area contributed by atoms with Gasteiger partial charge in [0.1, 0.15) is 12.0 Å². The predicted octanol–water partition coefficient (Wildman–Crippen LogP) is 3.14. The van der Waals surface area contributed by atoms with E-state index in [0.29, 0.717) is 31.5 Å². The van der Waals surface area contributed by atoms with Crippen LogP contribution in [0.1, 0.15) is 42.3 Å². The second-order valence-corrected chi connectivity index (χ2v) is 9.28. The van der Waals surface area contributed by atoms with Crippen LogP contribution in [-0.2, 0) is 12.8 Å². The van der Waals surface area contributed by atoms with Crippen molar-refractivity contribution in [3.8, 4) is 5.75 Å². The molecule has 0 amide bonds. The minimum Gasteiger partial charge on any atom is -0.406 e. The molecule has 2 fully saturated rings. The van der Waals surface area contributed by atoms with Crippen molar-refractivity contribution in [2.24, 2.45) is 0 Å². The van der Waals surface area contributed by atoms with Crippen LogP contribution in [0.5, 0.6) is 5.75 Å². The molecular weight excluding hydrogens is 447 g/mol. The number of rotatable bonds is 5. The highest BCUT2D eigenvalue weighted by Crippen LogP contribution is 2.28. The number of benzene rings is 1. The fourth-order valence-electron chi connectivity index (χ4n) is 4.97. The number of hydrogen-bond donors (Lipinski definition) is 1. The van der Waals surface area contributed by atoms with Gasteiger partial charge in [-0.3, -0.25) is 9.80 Å². The lowest BCUT2D eigenvalue weighted by Gasteiger charge is -2.43. The Morgan fingerprint density at radius 1 is 0.971 bits per heavy atom. The maximum Gasteiger partial charge on any atom is 0.573 e. The van der Waals surface area contributed by atoms with Gasteiger partial charge in [-0.15, -0.1) is 13.2 Å². The molecule has 0 spiro atoms. The number of aliphatic hydroxyl groups excluding tert-OH is 1. The zero-order valence-electron chi connectivity index (χ0n) is 19.0. The summed E-state index contributed by atoms with van der Waals surface area (Å²) in [6.07, 6.45) is 1.64. The van der Waals surface area contributed by atoms with Crippen LogP contribution in [0, 0.1) is 0 Å². The number of fused-ring (bicyclic) bond motifs is 1. The summed E-state index contributed by atoms with van der Waals surface area (Å²) in [7, 11) is 0. The fraction of sp³-hybridized carbons (Fsp3) is 0.583. The molecule has 1 N–H and O–H groups in total. The van der Waals surface area contributed by atoms with Crippen molar-refractivity contribution in [3.63, 3.8) is 0 Å². The van der Waals surface area contributed by atoms with E-state index in [9.17, 15) is 18.3 Å². The summed E-state index contributed by atoms with van der Waals surface area (Å²) in [6.45, 7) is 5.19. The monoisotopic (exact) mass is 477 g/mol. The number of nitrogens with zero attached hydrogens (tertiary/aromatic N) is 5. The van der Waals surface area contributed by atoms with E-state index in [4.69, 9.17) is 4.98 Å². The molecule has 1 saturated carbocycles. The van der Waals surface area contributed by atoms with Crippen LogP contribution in [0.4, 0.5) is 19.1 Å². The lowest BCUT2D eigenvalue weighted by Crippen LogP contribution is -2.52. The number of alkyl halides is 3. The Bertz CT molecular complexity index is 976. The van der Waals surface area contributed by atoms with E-state index in [1.54, 1.807) is 0 Å². The Hall–Kier alpha value is -2.43. The van der Waals surface area contributed by atoms with Gasteiger partial charge in [-0.2, -0.15) is 0 Å². The van der Waals surface area contributed by atoms with Gasteiger partial charge < -0.3 is 14.7 Å². The highest BCUT2D eigenvalue weighted by Gasteiger charge is 2.31. The number of ether oxygens (including phenoxy) is 1. The van der Waals surface area contributed by atoms with Gasteiger partial charge in [-0.05, 0) is 42.5 Å². The van der Waals surface area contributed by atoms with E-state index in [-0.39, 0.29) is 5.75 Å². The first-order valence-corrected chi connectivity index (χ1v) is 12.0. The third kappa shape index (κ3) is 5.29. The predicted molar refractivity (Wildman–Crippen MR) is 121 cm³/mol. The maximum absolute atomic E-state index is 12.4. The number of piperazine rings is 1. The molecule has 10 heteroatoms. The van der Waals surface area contributed by atoms with Crippen molar-refractivity contribution in [1.29, 1.82) is 0 Å². The van der Waals surface area contributed by atoms with E-state index in [0.717, 1.165) is 49.4 Å². The number of anilines is 1. The van der Waals surface area contributed by atoms with Gasteiger partial charge >= 0.3 is 6.36 Å². The first-order chi connectivity index (χ1) is 16.4. The minimum absolute atomic E-state index is 0.303. The molecule has 7 nitrogen and oxygen atoms in total. The average molecular weight is 478 g/mol. The Morgan fingerprint density at radius 3 is 2.32 bits per heavy atom. The Balaban J connectivity index is 1.19. The first kappa shape index (κ1) is 23.3. The Morgan fingerprint density at radius 2 is 1.68 bits per heavy atom. The Kier molecular flexibility index (Phi) is 6.63. The summed E-state index contributed by atoms with van der Waals surface area (Å²) in [5, 5.41) is 10.8. The molecule has 34 heavy (non-hydrogen) atoms.